The molecule has 0 spiro atoms. The highest BCUT2D eigenvalue weighted by molar-refractivity contribution is 5.79. The van der Waals surface area contributed by atoms with Gasteiger partial charge in [-0.15, -0.1) is 0 Å². The van der Waals surface area contributed by atoms with Crippen molar-refractivity contribution in [3.05, 3.63) is 0 Å². The third kappa shape index (κ3) is 11.4. The van der Waals surface area contributed by atoms with Crippen molar-refractivity contribution in [3.8, 4) is 0 Å². The first kappa shape index (κ1) is 20.2. The Kier molecular flexibility index (Phi) is 10.3. The number of nitrogens with one attached hydrogen (secondary N) is 2. The first-order chi connectivity index (χ1) is 11.0. The number of hydrogen-bond acceptors (Lipinski definition) is 3. The van der Waals surface area contributed by atoms with Gasteiger partial charge >= 0.3 is 0 Å². The van der Waals surface area contributed by atoms with Gasteiger partial charge in [-0.2, -0.15) is 0 Å². The summed E-state index contributed by atoms with van der Waals surface area (Å²) in [6.45, 7) is 12.2. The summed E-state index contributed by atoms with van der Waals surface area (Å²) in [6.07, 6.45) is 5.67. The van der Waals surface area contributed by atoms with E-state index in [0.29, 0.717) is 11.3 Å². The molecule has 5 heteroatoms. The molecule has 0 bridgehead atoms. The summed E-state index contributed by atoms with van der Waals surface area (Å²) in [6, 6.07) is 0. The van der Waals surface area contributed by atoms with E-state index in [4.69, 9.17) is 9.47 Å². The SMILES string of the molecule is CN=C(NCCCOCC1CCOCC1)NCCCC(C)(C)C. The number of nitrogens with zero attached hydrogens (tertiary/aromatic N) is 1. The minimum Gasteiger partial charge on any atom is -0.381 e. The third-order valence-corrected chi connectivity index (χ3v) is 4.07. The van der Waals surface area contributed by atoms with Crippen molar-refractivity contribution in [1.29, 1.82) is 0 Å². The van der Waals surface area contributed by atoms with Crippen molar-refractivity contribution in [1.82, 2.24) is 10.6 Å². The van der Waals surface area contributed by atoms with E-state index in [1.807, 2.05) is 7.05 Å². The second-order valence-corrected chi connectivity index (χ2v) is 7.57. The Hall–Kier alpha value is -0.810. The Morgan fingerprint density at radius 3 is 2.39 bits per heavy atom. The average molecular weight is 328 g/mol. The van der Waals surface area contributed by atoms with Crippen LogP contribution in [0.2, 0.25) is 0 Å². The summed E-state index contributed by atoms with van der Waals surface area (Å²) in [5.74, 6) is 1.58. The van der Waals surface area contributed by atoms with E-state index in [9.17, 15) is 0 Å². The monoisotopic (exact) mass is 327 g/mol. The molecule has 0 aromatic rings. The molecule has 5 nitrogen and oxygen atoms in total. The minimum absolute atomic E-state index is 0.403. The van der Waals surface area contributed by atoms with E-state index in [-0.39, 0.29) is 0 Å². The maximum atomic E-state index is 5.77. The lowest BCUT2D eigenvalue weighted by atomic mass is 9.91. The van der Waals surface area contributed by atoms with Crippen molar-refractivity contribution >= 4 is 5.96 Å². The quantitative estimate of drug-likeness (QED) is 0.388. The number of hydrogen-bond donors (Lipinski definition) is 2. The van der Waals surface area contributed by atoms with Gasteiger partial charge in [-0.1, -0.05) is 20.8 Å². The summed E-state index contributed by atoms with van der Waals surface area (Å²) >= 11 is 0. The molecular formula is C18H37N3O2. The van der Waals surface area contributed by atoms with Crippen LogP contribution in [0.3, 0.4) is 0 Å². The average Bonchev–Trinajstić information content (AvgIpc) is 2.52. The van der Waals surface area contributed by atoms with Gasteiger partial charge in [0.25, 0.3) is 0 Å². The van der Waals surface area contributed by atoms with Crippen LogP contribution < -0.4 is 10.6 Å². The maximum Gasteiger partial charge on any atom is 0.190 e. The molecule has 23 heavy (non-hydrogen) atoms. The van der Waals surface area contributed by atoms with Gasteiger partial charge < -0.3 is 20.1 Å². The molecule has 1 fully saturated rings. The fraction of sp³-hybridized carbons (Fsp3) is 0.944. The fourth-order valence-electron chi connectivity index (χ4n) is 2.59. The van der Waals surface area contributed by atoms with Crippen molar-refractivity contribution in [3.63, 3.8) is 0 Å². The lowest BCUT2D eigenvalue weighted by Gasteiger charge is -2.21. The van der Waals surface area contributed by atoms with E-state index in [2.05, 4.69) is 36.4 Å². The van der Waals surface area contributed by atoms with E-state index in [0.717, 1.165) is 64.7 Å². The Morgan fingerprint density at radius 1 is 1.13 bits per heavy atom. The van der Waals surface area contributed by atoms with E-state index >= 15 is 0 Å². The van der Waals surface area contributed by atoms with E-state index in [1.54, 1.807) is 0 Å². The van der Waals surface area contributed by atoms with Crippen LogP contribution >= 0.6 is 0 Å². The molecule has 0 unspecified atom stereocenters. The van der Waals surface area contributed by atoms with Crippen LogP contribution in [0.1, 0.15) is 52.9 Å². The van der Waals surface area contributed by atoms with Gasteiger partial charge in [0.1, 0.15) is 0 Å². The topological polar surface area (TPSA) is 54.9 Å². The van der Waals surface area contributed by atoms with Crippen LogP contribution in [0.15, 0.2) is 4.99 Å². The van der Waals surface area contributed by atoms with Gasteiger partial charge in [0.2, 0.25) is 0 Å². The zero-order chi connectivity index (χ0) is 17.0. The molecular weight excluding hydrogens is 290 g/mol. The molecule has 1 saturated heterocycles. The first-order valence-corrected chi connectivity index (χ1v) is 9.11. The number of aliphatic imine (C=N–C) groups is 1. The Morgan fingerprint density at radius 2 is 1.78 bits per heavy atom. The summed E-state index contributed by atoms with van der Waals surface area (Å²) in [4.78, 5) is 4.25. The van der Waals surface area contributed by atoms with Gasteiger partial charge in [0.05, 0.1) is 0 Å². The molecule has 136 valence electrons. The van der Waals surface area contributed by atoms with Crippen molar-refractivity contribution in [2.45, 2.75) is 52.9 Å². The minimum atomic E-state index is 0.403. The molecule has 0 radical (unpaired) electrons. The molecule has 0 aromatic heterocycles. The molecule has 1 heterocycles. The summed E-state index contributed by atoms with van der Waals surface area (Å²) in [5.41, 5.74) is 0.403. The Balaban J connectivity index is 1.95. The van der Waals surface area contributed by atoms with Gasteiger partial charge in [0.15, 0.2) is 5.96 Å². The highest BCUT2D eigenvalue weighted by Crippen LogP contribution is 2.19. The fourth-order valence-corrected chi connectivity index (χ4v) is 2.59. The number of ether oxygens (including phenoxy) is 2. The molecule has 0 saturated carbocycles. The third-order valence-electron chi connectivity index (χ3n) is 4.07. The largest absolute Gasteiger partial charge is 0.381 e. The van der Waals surface area contributed by atoms with Crippen LogP contribution in [-0.2, 0) is 9.47 Å². The summed E-state index contributed by atoms with van der Waals surface area (Å²) in [7, 11) is 1.82. The standard InChI is InChI=1S/C18H37N3O2/c1-18(2,3)9-5-10-20-17(19-4)21-11-6-12-23-15-16-7-13-22-14-8-16/h16H,5-15H2,1-4H3,(H2,19,20,21). The van der Waals surface area contributed by atoms with Crippen LogP contribution in [0.5, 0.6) is 0 Å². The molecule has 0 aliphatic carbocycles. The maximum absolute atomic E-state index is 5.77. The molecule has 0 aromatic carbocycles. The second-order valence-electron chi connectivity index (χ2n) is 7.57. The molecule has 0 amide bonds. The van der Waals surface area contributed by atoms with Gasteiger partial charge in [-0.3, -0.25) is 4.99 Å². The van der Waals surface area contributed by atoms with Crippen LogP contribution in [0, 0.1) is 11.3 Å². The Bertz CT molecular complexity index is 321. The predicted molar refractivity (Wildman–Crippen MR) is 97.0 cm³/mol. The molecule has 1 aliphatic heterocycles. The normalized spacial score (nSPS) is 17.3. The molecule has 0 atom stereocenters. The number of rotatable bonds is 9. The van der Waals surface area contributed by atoms with Crippen LogP contribution in [0.4, 0.5) is 0 Å². The smallest absolute Gasteiger partial charge is 0.190 e. The molecule has 2 N–H and O–H groups in total. The molecule has 1 rings (SSSR count). The highest BCUT2D eigenvalue weighted by Gasteiger charge is 2.13. The predicted octanol–water partition coefficient (Wildman–Crippen LogP) is 2.81. The highest BCUT2D eigenvalue weighted by atomic mass is 16.5. The second kappa shape index (κ2) is 11.7. The van der Waals surface area contributed by atoms with Crippen LogP contribution in [-0.4, -0.2) is 52.5 Å². The summed E-state index contributed by atoms with van der Waals surface area (Å²) < 4.78 is 11.1. The van der Waals surface area contributed by atoms with Gasteiger partial charge in [-0.05, 0) is 43.4 Å². The van der Waals surface area contributed by atoms with Crippen LogP contribution in [0.25, 0.3) is 0 Å². The Labute approximate surface area is 142 Å². The lowest BCUT2D eigenvalue weighted by Crippen LogP contribution is -2.38. The van der Waals surface area contributed by atoms with Gasteiger partial charge in [0, 0.05) is 46.6 Å². The van der Waals surface area contributed by atoms with Crippen molar-refractivity contribution < 1.29 is 9.47 Å². The van der Waals surface area contributed by atoms with E-state index < -0.39 is 0 Å². The number of guanidine groups is 1. The lowest BCUT2D eigenvalue weighted by molar-refractivity contribution is 0.0203. The first-order valence-electron chi connectivity index (χ1n) is 9.11. The van der Waals surface area contributed by atoms with E-state index in [1.165, 1.54) is 12.8 Å². The van der Waals surface area contributed by atoms with Crippen molar-refractivity contribution in [2.75, 3.05) is 46.6 Å². The zero-order valence-electron chi connectivity index (χ0n) is 15.6. The summed E-state index contributed by atoms with van der Waals surface area (Å²) in [5, 5.41) is 6.71. The zero-order valence-corrected chi connectivity index (χ0v) is 15.6. The van der Waals surface area contributed by atoms with Crippen molar-refractivity contribution in [2.24, 2.45) is 16.3 Å². The van der Waals surface area contributed by atoms with Gasteiger partial charge in [-0.25, -0.2) is 0 Å². The molecule has 1 aliphatic rings.